The van der Waals surface area contributed by atoms with E-state index in [1.54, 1.807) is 0 Å². The van der Waals surface area contributed by atoms with Crippen LogP contribution in [0.15, 0.2) is 0 Å². The highest BCUT2D eigenvalue weighted by Gasteiger charge is 2.29. The van der Waals surface area contributed by atoms with Gasteiger partial charge in [0.15, 0.2) is 0 Å². The molecule has 1 aliphatic heterocycles. The summed E-state index contributed by atoms with van der Waals surface area (Å²) in [4.78, 5) is 13.7. The molecule has 4 heteroatoms. The van der Waals surface area contributed by atoms with Crippen LogP contribution in [0.2, 0.25) is 0 Å². The van der Waals surface area contributed by atoms with Crippen LogP contribution in [0.4, 0.5) is 0 Å². The van der Waals surface area contributed by atoms with Crippen LogP contribution in [0.3, 0.4) is 0 Å². The van der Waals surface area contributed by atoms with Crippen molar-refractivity contribution in [1.29, 1.82) is 0 Å². The average molecular weight is 214 g/mol. The van der Waals surface area contributed by atoms with E-state index in [9.17, 15) is 4.79 Å². The van der Waals surface area contributed by atoms with Gasteiger partial charge in [-0.15, -0.1) is 0 Å². The molecule has 0 saturated carbocycles. The molecule has 0 radical (unpaired) electrons. The first-order chi connectivity index (χ1) is 7.20. The Morgan fingerprint density at radius 2 is 2.27 bits per heavy atom. The molecule has 2 unspecified atom stereocenters. The lowest BCUT2D eigenvalue weighted by molar-refractivity contribution is -0.147. The second-order valence-corrected chi connectivity index (χ2v) is 4.21. The lowest BCUT2D eigenvalue weighted by atomic mass is 10.1. The minimum atomic E-state index is -0.261. The molecule has 0 aromatic heterocycles. The molecule has 0 aromatic rings. The van der Waals surface area contributed by atoms with Crippen LogP contribution >= 0.6 is 0 Å². The maximum absolute atomic E-state index is 11.6. The number of esters is 1. The Hall–Kier alpha value is -0.610. The highest BCUT2D eigenvalue weighted by atomic mass is 16.5. The van der Waals surface area contributed by atoms with Gasteiger partial charge in [-0.2, -0.15) is 0 Å². The molecule has 15 heavy (non-hydrogen) atoms. The molecule has 1 aliphatic rings. The van der Waals surface area contributed by atoms with E-state index in [4.69, 9.17) is 10.5 Å². The summed E-state index contributed by atoms with van der Waals surface area (Å²) in [5, 5.41) is 0. The molecule has 0 amide bonds. The van der Waals surface area contributed by atoms with Crippen molar-refractivity contribution >= 4 is 5.97 Å². The van der Waals surface area contributed by atoms with Crippen molar-refractivity contribution in [2.75, 3.05) is 20.2 Å². The number of methoxy groups -OCH3 is 1. The fraction of sp³-hybridized carbons (Fsp3) is 0.909. The van der Waals surface area contributed by atoms with Crippen LogP contribution in [0.25, 0.3) is 0 Å². The van der Waals surface area contributed by atoms with Crippen LogP contribution < -0.4 is 5.73 Å². The first kappa shape index (κ1) is 12.5. The second kappa shape index (κ2) is 6.08. The molecule has 88 valence electrons. The zero-order valence-corrected chi connectivity index (χ0v) is 9.74. The molecule has 2 N–H and O–H groups in total. The summed E-state index contributed by atoms with van der Waals surface area (Å²) in [5.41, 5.74) is 5.65. The van der Waals surface area contributed by atoms with Crippen molar-refractivity contribution in [3.05, 3.63) is 0 Å². The van der Waals surface area contributed by atoms with Crippen molar-refractivity contribution in [2.45, 2.75) is 44.7 Å². The number of likely N-dealkylation sites (tertiary alicyclic amines) is 1. The molecule has 4 nitrogen and oxygen atoms in total. The van der Waals surface area contributed by atoms with E-state index in [0.29, 0.717) is 12.6 Å². The molecular formula is C11H22N2O2. The largest absolute Gasteiger partial charge is 0.468 e. The van der Waals surface area contributed by atoms with Gasteiger partial charge in [-0.3, -0.25) is 9.69 Å². The second-order valence-electron chi connectivity index (χ2n) is 4.21. The van der Waals surface area contributed by atoms with Gasteiger partial charge in [0.2, 0.25) is 0 Å². The summed E-state index contributed by atoms with van der Waals surface area (Å²) in [5.74, 6) is -0.203. The summed E-state index contributed by atoms with van der Waals surface area (Å²) in [6.07, 6.45) is 4.79. The van der Waals surface area contributed by atoms with Gasteiger partial charge >= 0.3 is 5.97 Å². The first-order valence-electron chi connectivity index (χ1n) is 5.74. The van der Waals surface area contributed by atoms with Crippen LogP contribution in [-0.2, 0) is 9.53 Å². The third kappa shape index (κ3) is 3.18. The normalized spacial score (nSPS) is 25.7. The zero-order valence-electron chi connectivity index (χ0n) is 9.74. The molecule has 0 aromatic carbocycles. The Balaban J connectivity index is 2.67. The van der Waals surface area contributed by atoms with E-state index in [1.165, 1.54) is 20.0 Å². The molecule has 0 aliphatic carbocycles. The lowest BCUT2D eigenvalue weighted by Crippen LogP contribution is -2.50. The third-order valence-electron chi connectivity index (χ3n) is 3.20. The maximum atomic E-state index is 11.6. The number of hydrogen-bond acceptors (Lipinski definition) is 4. The molecule has 1 fully saturated rings. The van der Waals surface area contributed by atoms with Gasteiger partial charge in [0.1, 0.15) is 6.04 Å². The Morgan fingerprint density at radius 1 is 1.53 bits per heavy atom. The van der Waals surface area contributed by atoms with Gasteiger partial charge in [0.25, 0.3) is 0 Å². The number of ether oxygens (including phenoxy) is 1. The summed E-state index contributed by atoms with van der Waals surface area (Å²) in [6, 6.07) is 0.170. The van der Waals surface area contributed by atoms with Crippen molar-refractivity contribution in [3.8, 4) is 0 Å². The number of hydrogen-bond donors (Lipinski definition) is 1. The average Bonchev–Trinajstić information content (AvgIpc) is 2.45. The quantitative estimate of drug-likeness (QED) is 0.704. The SMILES string of the molecule is COC(=O)C(CN)N1CCCCCC1C. The highest BCUT2D eigenvalue weighted by molar-refractivity contribution is 5.76. The van der Waals surface area contributed by atoms with E-state index < -0.39 is 0 Å². The minimum Gasteiger partial charge on any atom is -0.468 e. The van der Waals surface area contributed by atoms with E-state index in [2.05, 4.69) is 11.8 Å². The van der Waals surface area contributed by atoms with Gasteiger partial charge in [-0.25, -0.2) is 0 Å². The fourth-order valence-electron chi connectivity index (χ4n) is 2.26. The van der Waals surface area contributed by atoms with E-state index in [1.807, 2.05) is 0 Å². The van der Waals surface area contributed by atoms with Gasteiger partial charge < -0.3 is 10.5 Å². The molecule has 1 saturated heterocycles. The Morgan fingerprint density at radius 3 is 2.87 bits per heavy atom. The summed E-state index contributed by atoms with van der Waals surface area (Å²) in [6.45, 7) is 3.46. The number of carbonyl (C=O) groups is 1. The minimum absolute atomic E-state index is 0.203. The predicted molar refractivity (Wildman–Crippen MR) is 59.5 cm³/mol. The van der Waals surface area contributed by atoms with E-state index in [-0.39, 0.29) is 12.0 Å². The van der Waals surface area contributed by atoms with E-state index >= 15 is 0 Å². The van der Waals surface area contributed by atoms with Gasteiger partial charge in [-0.1, -0.05) is 12.8 Å². The fourth-order valence-corrected chi connectivity index (χ4v) is 2.26. The number of rotatable bonds is 3. The van der Waals surface area contributed by atoms with Crippen LogP contribution in [-0.4, -0.2) is 43.2 Å². The Kier molecular flexibility index (Phi) is 5.05. The zero-order chi connectivity index (χ0) is 11.3. The van der Waals surface area contributed by atoms with Gasteiger partial charge in [-0.05, 0) is 26.3 Å². The monoisotopic (exact) mass is 214 g/mol. The predicted octanol–water partition coefficient (Wildman–Crippen LogP) is 0.751. The standard InChI is InChI=1S/C11H22N2O2/c1-9-6-4-3-5-7-13(9)10(8-12)11(14)15-2/h9-10H,3-8,12H2,1-2H3. The van der Waals surface area contributed by atoms with Gasteiger partial charge in [0.05, 0.1) is 7.11 Å². The van der Waals surface area contributed by atoms with Crippen LogP contribution in [0, 0.1) is 0 Å². The molecule has 0 spiro atoms. The van der Waals surface area contributed by atoms with Crippen molar-refractivity contribution in [3.63, 3.8) is 0 Å². The maximum Gasteiger partial charge on any atom is 0.324 e. The molecular weight excluding hydrogens is 192 g/mol. The van der Waals surface area contributed by atoms with Crippen LogP contribution in [0.1, 0.15) is 32.6 Å². The van der Waals surface area contributed by atoms with E-state index in [0.717, 1.165) is 19.4 Å². The number of nitrogens with two attached hydrogens (primary N) is 1. The highest BCUT2D eigenvalue weighted by Crippen LogP contribution is 2.18. The molecule has 0 bridgehead atoms. The van der Waals surface area contributed by atoms with Crippen molar-refractivity contribution in [1.82, 2.24) is 4.90 Å². The third-order valence-corrected chi connectivity index (χ3v) is 3.20. The lowest BCUT2D eigenvalue weighted by Gasteiger charge is -2.32. The molecule has 1 rings (SSSR count). The number of nitrogens with zero attached hydrogens (tertiary/aromatic N) is 1. The molecule has 1 heterocycles. The Bertz CT molecular complexity index is 209. The van der Waals surface area contributed by atoms with Crippen molar-refractivity contribution < 1.29 is 9.53 Å². The summed E-state index contributed by atoms with van der Waals surface area (Å²) >= 11 is 0. The molecule has 2 atom stereocenters. The Labute approximate surface area is 91.8 Å². The van der Waals surface area contributed by atoms with Crippen LogP contribution in [0.5, 0.6) is 0 Å². The van der Waals surface area contributed by atoms with Crippen molar-refractivity contribution in [2.24, 2.45) is 5.73 Å². The first-order valence-corrected chi connectivity index (χ1v) is 5.74. The summed E-state index contributed by atoms with van der Waals surface area (Å²) < 4.78 is 4.79. The topological polar surface area (TPSA) is 55.6 Å². The number of carbonyl (C=O) groups excluding carboxylic acids is 1. The summed E-state index contributed by atoms with van der Waals surface area (Å²) in [7, 11) is 1.42. The smallest absolute Gasteiger partial charge is 0.324 e. The van der Waals surface area contributed by atoms with Gasteiger partial charge in [0, 0.05) is 12.6 Å².